The van der Waals surface area contributed by atoms with Gasteiger partial charge in [0.15, 0.2) is 40.2 Å². The summed E-state index contributed by atoms with van der Waals surface area (Å²) in [5, 5.41) is 101. The highest BCUT2D eigenvalue weighted by molar-refractivity contribution is 6.00. The number of nitrogens with one attached hydrogen (secondary N) is 1. The van der Waals surface area contributed by atoms with Gasteiger partial charge in [-0.1, -0.05) is 57.7 Å². The number of hydrogen-bond acceptors (Lipinski definition) is 12. The number of carboxylic acid groups (broad SMARTS) is 1. The summed E-state index contributed by atoms with van der Waals surface area (Å²) < 4.78 is 5.74. The van der Waals surface area contributed by atoms with Crippen LogP contribution in [-0.4, -0.2) is 77.1 Å². The molecule has 1 saturated carbocycles. The lowest BCUT2D eigenvalue weighted by molar-refractivity contribution is -0.162. The van der Waals surface area contributed by atoms with E-state index >= 15 is 0 Å². The van der Waals surface area contributed by atoms with Crippen molar-refractivity contribution in [3.63, 3.8) is 0 Å². The summed E-state index contributed by atoms with van der Waals surface area (Å²) in [6.45, 7) is 4.21. The van der Waals surface area contributed by atoms with Crippen LogP contribution in [0, 0.1) is 0 Å². The zero-order valence-corrected chi connectivity index (χ0v) is 35.0. The molecule has 0 bridgehead atoms. The first-order chi connectivity index (χ1) is 29.7. The number of phenols is 8. The van der Waals surface area contributed by atoms with E-state index in [1.54, 1.807) is 25.1 Å². The maximum absolute atomic E-state index is 14.1. The Morgan fingerprint density at radius 2 is 1.47 bits per heavy atom. The molecule has 3 aliphatic carbocycles. The highest BCUT2D eigenvalue weighted by atomic mass is 16.6. The van der Waals surface area contributed by atoms with Gasteiger partial charge >= 0.3 is 11.9 Å². The molecule has 62 heavy (non-hydrogen) atoms. The van der Waals surface area contributed by atoms with Gasteiger partial charge in [0.1, 0.15) is 5.75 Å². The Bertz CT molecular complexity index is 2440. The predicted octanol–water partition coefficient (Wildman–Crippen LogP) is 8.60. The van der Waals surface area contributed by atoms with E-state index in [1.165, 1.54) is 12.1 Å². The Labute approximate surface area is 359 Å². The molecule has 0 amide bonds. The second-order valence-corrected chi connectivity index (χ2v) is 16.9. The van der Waals surface area contributed by atoms with E-state index in [0.29, 0.717) is 96.9 Å². The molecule has 328 valence electrons. The van der Waals surface area contributed by atoms with Gasteiger partial charge in [-0.2, -0.15) is 0 Å². The molecule has 10 N–H and O–H groups in total. The third-order valence-electron chi connectivity index (χ3n) is 12.9. The second kappa shape index (κ2) is 17.9. The molecule has 3 aliphatic rings. The van der Waals surface area contributed by atoms with Crippen molar-refractivity contribution < 1.29 is 60.3 Å². The molecule has 0 aliphatic heterocycles. The topological polar surface area (TPSA) is 237 Å². The van der Waals surface area contributed by atoms with Gasteiger partial charge in [-0.25, -0.2) is 9.59 Å². The number of hydrogen-bond donors (Lipinski definition) is 10. The van der Waals surface area contributed by atoms with E-state index in [2.05, 4.69) is 5.32 Å². The van der Waals surface area contributed by atoms with Crippen molar-refractivity contribution in [3.05, 3.63) is 87.5 Å². The van der Waals surface area contributed by atoms with Crippen molar-refractivity contribution in [1.29, 1.82) is 0 Å². The summed E-state index contributed by atoms with van der Waals surface area (Å²) in [5.74, 6) is -6.76. The molecule has 2 atom stereocenters. The Morgan fingerprint density at radius 1 is 0.790 bits per heavy atom. The van der Waals surface area contributed by atoms with Crippen LogP contribution in [0.5, 0.6) is 46.0 Å². The molecular weight excluding hydrogens is 795 g/mol. The molecule has 0 saturated heterocycles. The molecular formula is C49H55NO12. The molecule has 7 rings (SSSR count). The van der Waals surface area contributed by atoms with Crippen LogP contribution in [0.2, 0.25) is 0 Å². The first-order valence-electron chi connectivity index (χ1n) is 21.5. The molecule has 1 spiro atoms. The average Bonchev–Trinajstić information content (AvgIpc) is 3.60. The quantitative estimate of drug-likeness (QED) is 0.0248. The molecule has 13 heteroatoms. The molecule has 0 aromatic heterocycles. The first-order valence-corrected chi connectivity index (χ1v) is 21.5. The van der Waals surface area contributed by atoms with Gasteiger partial charge in [0.25, 0.3) is 0 Å². The summed E-state index contributed by atoms with van der Waals surface area (Å²) >= 11 is 0. The molecule has 4 aromatic rings. The summed E-state index contributed by atoms with van der Waals surface area (Å²) in [7, 11) is 0. The number of carboxylic acids is 1. The lowest BCUT2D eigenvalue weighted by atomic mass is 9.65. The zero-order chi connectivity index (χ0) is 44.5. The van der Waals surface area contributed by atoms with Crippen molar-refractivity contribution in [2.45, 2.75) is 108 Å². The van der Waals surface area contributed by atoms with E-state index in [-0.39, 0.29) is 40.9 Å². The maximum Gasteiger partial charge on any atom is 0.345 e. The maximum atomic E-state index is 14.1. The number of phenolic OH excluding ortho intramolecular Hbond substituents is 8. The lowest BCUT2D eigenvalue weighted by Gasteiger charge is -2.38. The summed E-state index contributed by atoms with van der Waals surface area (Å²) in [5.41, 5.74) is 5.57. The Hall–Kier alpha value is -6.34. The Balaban J connectivity index is 1.40. The number of aliphatic carboxylic acids is 1. The van der Waals surface area contributed by atoms with Gasteiger partial charge in [0, 0.05) is 40.6 Å². The van der Waals surface area contributed by atoms with Gasteiger partial charge in [-0.3, -0.25) is 0 Å². The highest BCUT2D eigenvalue weighted by Crippen LogP contribution is 2.59. The highest BCUT2D eigenvalue weighted by Gasteiger charge is 2.45. The Kier molecular flexibility index (Phi) is 12.7. The van der Waals surface area contributed by atoms with Crippen LogP contribution in [0.3, 0.4) is 0 Å². The van der Waals surface area contributed by atoms with Crippen molar-refractivity contribution in [3.8, 4) is 57.1 Å². The standard InChI is InChI=1S/C49H55NO12/c1-3-5-6-11-26(21-41(56)62-47(48(60)61)35(25-50-4-2)27-19-37(52)45(58)38(53)20-27)32-22-40(55)46(59)43-34(32)18-28(24-49(43)16-7-8-17-49)33-23-39(54)44(57)31-14-9-12-29-30(42(31)33)13-10-15-36(29)51/h10,13,15,18-23,35,47,50-55,57-59H,3-9,11-12,14,16-17,24-25H2,1-2H3,(H,60,61)/t35-,47-/m1/s1. The number of carbonyl (C=O) groups excluding carboxylic acids is 1. The first kappa shape index (κ1) is 43.7. The van der Waals surface area contributed by atoms with Crippen LogP contribution in [0.15, 0.2) is 48.5 Å². The molecule has 13 nitrogen and oxygen atoms in total. The number of rotatable bonds is 14. The van der Waals surface area contributed by atoms with Gasteiger partial charge in [-0.05, 0) is 133 Å². The number of fused-ring (bicyclic) bond motifs is 5. The van der Waals surface area contributed by atoms with Crippen LogP contribution in [-0.2, 0) is 32.6 Å². The number of likely N-dealkylation sites (N-methyl/N-ethyl adjacent to an activating group) is 1. The summed E-state index contributed by atoms with van der Waals surface area (Å²) in [6, 6.07) is 10.5. The van der Waals surface area contributed by atoms with Gasteiger partial charge in [0.2, 0.25) is 6.10 Å². The molecule has 0 unspecified atom stereocenters. The third-order valence-corrected chi connectivity index (χ3v) is 12.9. The average molecular weight is 850 g/mol. The van der Waals surface area contributed by atoms with E-state index in [4.69, 9.17) is 4.74 Å². The number of benzene rings is 4. The number of aromatic hydroxyl groups is 8. The van der Waals surface area contributed by atoms with E-state index in [1.807, 2.05) is 19.1 Å². The van der Waals surface area contributed by atoms with Crippen LogP contribution >= 0.6 is 0 Å². The van der Waals surface area contributed by atoms with Gasteiger partial charge in [-0.15, -0.1) is 0 Å². The fourth-order valence-electron chi connectivity index (χ4n) is 9.98. The molecule has 0 heterocycles. The van der Waals surface area contributed by atoms with E-state index in [9.17, 15) is 55.5 Å². The fraction of sp³-hybridized carbons (Fsp3) is 0.388. The van der Waals surface area contributed by atoms with Crippen LogP contribution in [0.1, 0.15) is 123 Å². The lowest BCUT2D eigenvalue weighted by Crippen LogP contribution is -2.38. The molecule has 1 fully saturated rings. The number of esters is 1. The minimum absolute atomic E-state index is 0.0346. The Morgan fingerprint density at radius 3 is 2.15 bits per heavy atom. The van der Waals surface area contributed by atoms with Gasteiger partial charge < -0.3 is 56.0 Å². The number of allylic oxidation sites excluding steroid dienone is 2. The monoisotopic (exact) mass is 849 g/mol. The smallest absolute Gasteiger partial charge is 0.345 e. The van der Waals surface area contributed by atoms with Crippen LogP contribution in [0.4, 0.5) is 0 Å². The number of carbonyl (C=O) groups is 2. The predicted molar refractivity (Wildman–Crippen MR) is 234 cm³/mol. The van der Waals surface area contributed by atoms with E-state index in [0.717, 1.165) is 54.5 Å². The van der Waals surface area contributed by atoms with Gasteiger partial charge in [0.05, 0.1) is 0 Å². The second-order valence-electron chi connectivity index (χ2n) is 16.9. The minimum Gasteiger partial charge on any atom is -0.508 e. The van der Waals surface area contributed by atoms with Crippen molar-refractivity contribution in [2.24, 2.45) is 0 Å². The van der Waals surface area contributed by atoms with Crippen LogP contribution < -0.4 is 5.32 Å². The molecule has 4 aromatic carbocycles. The normalized spacial score (nSPS) is 16.4. The third kappa shape index (κ3) is 8.21. The SMILES string of the molecule is CCCCCC(=CC(=O)O[C@@H](C(=O)O)[C@H](CNCC)c1cc(O)c(O)c(O)c1)c1cc(O)c(O)c2c1C=C(c1cc(O)c(O)c3c1-c1cccc(O)c1CCC3)CC21CCCC1. The number of ether oxygens (including phenoxy) is 1. The van der Waals surface area contributed by atoms with Crippen molar-refractivity contribution in [2.75, 3.05) is 13.1 Å². The molecule has 0 radical (unpaired) electrons. The van der Waals surface area contributed by atoms with Crippen molar-refractivity contribution in [1.82, 2.24) is 5.32 Å². The summed E-state index contributed by atoms with van der Waals surface area (Å²) in [6.07, 6.45) is 8.95. The fourth-order valence-corrected chi connectivity index (χ4v) is 9.98. The number of unbranched alkanes of at least 4 members (excludes halogenated alkanes) is 2. The van der Waals surface area contributed by atoms with Crippen LogP contribution in [0.25, 0.3) is 28.3 Å². The summed E-state index contributed by atoms with van der Waals surface area (Å²) in [4.78, 5) is 27.0. The largest absolute Gasteiger partial charge is 0.508 e. The van der Waals surface area contributed by atoms with E-state index < -0.39 is 46.6 Å². The minimum atomic E-state index is -1.81. The zero-order valence-electron chi connectivity index (χ0n) is 35.0. The van der Waals surface area contributed by atoms with Crippen molar-refractivity contribution >= 4 is 29.2 Å².